The van der Waals surface area contributed by atoms with Crippen LogP contribution in [0, 0.1) is 0 Å². The van der Waals surface area contributed by atoms with Crippen LogP contribution in [0.5, 0.6) is 0 Å². The zero-order chi connectivity index (χ0) is 20.9. The Morgan fingerprint density at radius 3 is 2.87 bits per heavy atom. The highest BCUT2D eigenvalue weighted by molar-refractivity contribution is 5.85. The molecule has 0 aliphatic carbocycles. The van der Waals surface area contributed by atoms with Gasteiger partial charge in [-0.1, -0.05) is 24.3 Å². The molecule has 30 heavy (non-hydrogen) atoms. The van der Waals surface area contributed by atoms with E-state index in [4.69, 9.17) is 15.5 Å². The fraction of sp³-hybridized carbons (Fsp3) is 0.167. The minimum Gasteiger partial charge on any atom is -0.399 e. The summed E-state index contributed by atoms with van der Waals surface area (Å²) < 4.78 is 7.43. The van der Waals surface area contributed by atoms with Gasteiger partial charge in [-0.3, -0.25) is 0 Å². The average Bonchev–Trinajstić information content (AvgIpc) is 3.14. The third-order valence-electron chi connectivity index (χ3n) is 4.85. The number of hydrogen-bond acceptors (Lipinski definition) is 5. The molecule has 0 amide bonds. The number of aromatic nitrogens is 3. The van der Waals surface area contributed by atoms with Crippen molar-refractivity contribution >= 4 is 28.2 Å². The Bertz CT molecular complexity index is 1200. The van der Waals surface area contributed by atoms with Crippen molar-refractivity contribution in [1.82, 2.24) is 14.5 Å². The summed E-state index contributed by atoms with van der Waals surface area (Å²) in [6.45, 7) is 3.37. The predicted molar refractivity (Wildman–Crippen MR) is 123 cm³/mol. The number of rotatable bonds is 7. The fourth-order valence-corrected chi connectivity index (χ4v) is 3.47. The Hall–Kier alpha value is -3.64. The first-order valence-corrected chi connectivity index (χ1v) is 9.85. The van der Waals surface area contributed by atoms with Crippen LogP contribution in [0.15, 0.2) is 73.1 Å². The molecule has 152 valence electrons. The zero-order valence-electron chi connectivity index (χ0n) is 17.2. The number of ether oxygens (including phenoxy) is 1. The molecule has 6 nitrogen and oxygen atoms in total. The number of benzene rings is 2. The largest absolute Gasteiger partial charge is 0.399 e. The lowest BCUT2D eigenvalue weighted by molar-refractivity contribution is 0.185. The maximum absolute atomic E-state index is 6.01. The molecule has 2 aromatic heterocycles. The normalized spacial score (nSPS) is 11.4. The van der Waals surface area contributed by atoms with Crippen molar-refractivity contribution in [3.8, 4) is 11.3 Å². The summed E-state index contributed by atoms with van der Waals surface area (Å²) >= 11 is 0. The number of nitrogens with one attached hydrogen (secondary N) is 1. The number of nitrogens with two attached hydrogens (primary N) is 1. The summed E-state index contributed by atoms with van der Waals surface area (Å²) in [5.74, 6) is 0.519. The number of nitrogens with zero attached hydrogens (tertiary/aromatic N) is 3. The van der Waals surface area contributed by atoms with E-state index < -0.39 is 0 Å². The molecule has 0 atom stereocenters. The molecule has 2 heterocycles. The second-order valence-corrected chi connectivity index (χ2v) is 7.10. The number of anilines is 3. The van der Waals surface area contributed by atoms with Gasteiger partial charge in [0, 0.05) is 48.5 Å². The monoisotopic (exact) mass is 399 g/mol. The van der Waals surface area contributed by atoms with Gasteiger partial charge in [0.1, 0.15) is 0 Å². The van der Waals surface area contributed by atoms with E-state index in [1.54, 1.807) is 13.3 Å². The van der Waals surface area contributed by atoms with Crippen LogP contribution >= 0.6 is 0 Å². The molecule has 4 aromatic rings. The van der Waals surface area contributed by atoms with Crippen LogP contribution in [0.4, 0.5) is 17.3 Å². The maximum Gasteiger partial charge on any atom is 0.227 e. The lowest BCUT2D eigenvalue weighted by Crippen LogP contribution is -2.00. The number of nitrogen functional groups attached to an aromatic ring is 1. The van der Waals surface area contributed by atoms with Gasteiger partial charge in [-0.2, -0.15) is 0 Å². The van der Waals surface area contributed by atoms with Crippen LogP contribution in [0.2, 0.25) is 0 Å². The second kappa shape index (κ2) is 8.80. The highest BCUT2D eigenvalue weighted by Gasteiger charge is 2.07. The topological polar surface area (TPSA) is 78.0 Å². The third-order valence-corrected chi connectivity index (χ3v) is 4.85. The molecule has 2 aromatic carbocycles. The molecule has 0 bridgehead atoms. The predicted octanol–water partition coefficient (Wildman–Crippen LogP) is 5.15. The quantitative estimate of drug-likeness (QED) is 0.332. The molecule has 0 spiro atoms. The molecule has 0 aliphatic rings. The second-order valence-electron chi connectivity index (χ2n) is 7.10. The highest BCUT2D eigenvalue weighted by atomic mass is 16.5. The third kappa shape index (κ3) is 4.34. The zero-order valence-corrected chi connectivity index (χ0v) is 17.2. The Labute approximate surface area is 176 Å². The first kappa shape index (κ1) is 19.7. The smallest absolute Gasteiger partial charge is 0.227 e. The van der Waals surface area contributed by atoms with Crippen molar-refractivity contribution in [2.24, 2.45) is 0 Å². The summed E-state index contributed by atoms with van der Waals surface area (Å²) in [4.78, 5) is 9.08. The number of methoxy groups -OCH3 is 1. The van der Waals surface area contributed by atoms with Crippen LogP contribution in [0.1, 0.15) is 12.5 Å². The molecule has 0 fully saturated rings. The van der Waals surface area contributed by atoms with Gasteiger partial charge in [-0.25, -0.2) is 9.97 Å². The molecule has 0 unspecified atom stereocenters. The fourth-order valence-electron chi connectivity index (χ4n) is 3.47. The lowest BCUT2D eigenvalue weighted by atomic mass is 10.1. The summed E-state index contributed by atoms with van der Waals surface area (Å²) in [6, 6.07) is 16.2. The van der Waals surface area contributed by atoms with E-state index in [2.05, 4.69) is 57.5 Å². The Morgan fingerprint density at radius 1 is 1.13 bits per heavy atom. The van der Waals surface area contributed by atoms with Gasteiger partial charge in [-0.15, -0.1) is 0 Å². The summed E-state index contributed by atoms with van der Waals surface area (Å²) in [6.07, 6.45) is 8.07. The minimum absolute atomic E-state index is 0.494. The van der Waals surface area contributed by atoms with E-state index in [0.29, 0.717) is 18.2 Å². The molecule has 0 saturated heterocycles. The van der Waals surface area contributed by atoms with Crippen molar-refractivity contribution < 1.29 is 4.74 Å². The van der Waals surface area contributed by atoms with E-state index in [-0.39, 0.29) is 0 Å². The average molecular weight is 399 g/mol. The molecule has 6 heteroatoms. The van der Waals surface area contributed by atoms with Crippen molar-refractivity contribution in [2.45, 2.75) is 20.1 Å². The first-order chi connectivity index (χ1) is 14.7. The van der Waals surface area contributed by atoms with Crippen molar-refractivity contribution in [3.63, 3.8) is 0 Å². The maximum atomic E-state index is 6.01. The van der Waals surface area contributed by atoms with Gasteiger partial charge in [0.2, 0.25) is 5.95 Å². The molecule has 3 N–H and O–H groups in total. The van der Waals surface area contributed by atoms with E-state index in [1.165, 1.54) is 10.9 Å². The Balaban J connectivity index is 1.63. The van der Waals surface area contributed by atoms with Gasteiger partial charge < -0.3 is 20.4 Å². The van der Waals surface area contributed by atoms with Crippen molar-refractivity contribution in [1.29, 1.82) is 0 Å². The summed E-state index contributed by atoms with van der Waals surface area (Å²) in [5.41, 5.74) is 11.6. The van der Waals surface area contributed by atoms with E-state index in [0.717, 1.165) is 29.1 Å². The van der Waals surface area contributed by atoms with Crippen molar-refractivity contribution in [3.05, 3.63) is 78.6 Å². The van der Waals surface area contributed by atoms with E-state index in [9.17, 15) is 0 Å². The van der Waals surface area contributed by atoms with Crippen LogP contribution in [0.25, 0.3) is 22.2 Å². The number of fused-ring (bicyclic) bond motifs is 1. The van der Waals surface area contributed by atoms with Crippen LogP contribution in [-0.2, 0) is 17.9 Å². The lowest BCUT2D eigenvalue weighted by Gasteiger charge is -2.10. The SMILES string of the molecule is C/C=C/Cn1ccc2ccc(-c3ccnc(Nc4cc(N)cc(COC)c4)n3)cc21. The van der Waals surface area contributed by atoms with Gasteiger partial charge in [0.15, 0.2) is 0 Å². The van der Waals surface area contributed by atoms with E-state index in [1.807, 2.05) is 31.2 Å². The minimum atomic E-state index is 0.494. The molecule has 4 rings (SSSR count). The molecule has 0 radical (unpaired) electrons. The van der Waals surface area contributed by atoms with Crippen LogP contribution in [-0.4, -0.2) is 21.6 Å². The summed E-state index contributed by atoms with van der Waals surface area (Å²) in [7, 11) is 1.66. The molecular formula is C24H25N5O. The van der Waals surface area contributed by atoms with Gasteiger partial charge in [0.25, 0.3) is 0 Å². The van der Waals surface area contributed by atoms with Gasteiger partial charge in [0.05, 0.1) is 12.3 Å². The molecule has 0 saturated carbocycles. The van der Waals surface area contributed by atoms with E-state index >= 15 is 0 Å². The Kier molecular flexibility index (Phi) is 5.77. The van der Waals surface area contributed by atoms with Gasteiger partial charge >= 0.3 is 0 Å². The van der Waals surface area contributed by atoms with Crippen LogP contribution in [0.3, 0.4) is 0 Å². The molecule has 0 aliphatic heterocycles. The summed E-state index contributed by atoms with van der Waals surface area (Å²) in [5, 5.41) is 4.46. The number of allylic oxidation sites excluding steroid dienone is 2. The highest BCUT2D eigenvalue weighted by Crippen LogP contribution is 2.26. The van der Waals surface area contributed by atoms with Gasteiger partial charge in [-0.05, 0) is 54.3 Å². The molecular weight excluding hydrogens is 374 g/mol. The number of hydrogen-bond donors (Lipinski definition) is 2. The van der Waals surface area contributed by atoms with Crippen molar-refractivity contribution in [2.75, 3.05) is 18.2 Å². The van der Waals surface area contributed by atoms with Crippen LogP contribution < -0.4 is 11.1 Å². The first-order valence-electron chi connectivity index (χ1n) is 9.85. The Morgan fingerprint density at radius 2 is 2.03 bits per heavy atom. The standard InChI is InChI=1S/C24H25N5O/c1-3-4-10-29-11-8-18-5-6-19(14-23(18)29)22-7-9-26-24(28-22)27-21-13-17(16-30-2)12-20(25)15-21/h3-9,11-15H,10,16,25H2,1-2H3,(H,26,27,28)/b4-3+.